The average molecular weight is 265 g/mol. The molecule has 2 aliphatic carbocycles. The standard InChI is InChI=1S/C16H25NO2.H2/c18-11-13-6-4-5-12-9-10-17(16(19)15(12)13)14-7-2-1-3-8-14;/h4-5,12-15,18H,1-3,6-11H2;1H. The van der Waals surface area contributed by atoms with Crippen LogP contribution in [0.2, 0.25) is 0 Å². The molecule has 3 rings (SSSR count). The lowest BCUT2D eigenvalue weighted by Crippen LogP contribution is -2.53. The Kier molecular flexibility index (Phi) is 3.92. The van der Waals surface area contributed by atoms with Crippen LogP contribution in [0.15, 0.2) is 12.2 Å². The van der Waals surface area contributed by atoms with E-state index in [9.17, 15) is 9.90 Å². The van der Waals surface area contributed by atoms with Crippen molar-refractivity contribution >= 4 is 5.91 Å². The molecule has 0 bridgehead atoms. The second kappa shape index (κ2) is 5.66. The van der Waals surface area contributed by atoms with Crippen LogP contribution in [0, 0.1) is 17.8 Å². The van der Waals surface area contributed by atoms with E-state index in [0.29, 0.717) is 17.9 Å². The molecular formula is C16H27NO2. The predicted octanol–water partition coefficient (Wildman–Crippen LogP) is 2.60. The summed E-state index contributed by atoms with van der Waals surface area (Å²) in [5.41, 5.74) is 0. The molecule has 3 aliphatic rings. The predicted molar refractivity (Wildman–Crippen MR) is 76.6 cm³/mol. The lowest BCUT2D eigenvalue weighted by molar-refractivity contribution is -0.147. The molecule has 0 spiro atoms. The molecule has 1 amide bonds. The molecule has 1 aliphatic heterocycles. The number of likely N-dealkylation sites (tertiary alicyclic amines) is 1. The minimum Gasteiger partial charge on any atom is -0.396 e. The monoisotopic (exact) mass is 265 g/mol. The first-order chi connectivity index (χ1) is 9.31. The van der Waals surface area contributed by atoms with Crippen molar-refractivity contribution in [3.63, 3.8) is 0 Å². The van der Waals surface area contributed by atoms with Crippen molar-refractivity contribution in [2.75, 3.05) is 13.2 Å². The van der Waals surface area contributed by atoms with E-state index in [-0.39, 0.29) is 19.9 Å². The molecule has 0 aromatic heterocycles. The zero-order chi connectivity index (χ0) is 13.2. The Morgan fingerprint density at radius 2 is 2.05 bits per heavy atom. The second-order valence-corrected chi connectivity index (χ2v) is 6.41. The normalized spacial score (nSPS) is 36.4. The van der Waals surface area contributed by atoms with Gasteiger partial charge in [0.25, 0.3) is 0 Å². The van der Waals surface area contributed by atoms with Gasteiger partial charge in [-0.3, -0.25) is 4.79 Å². The fourth-order valence-corrected chi connectivity index (χ4v) is 4.24. The highest BCUT2D eigenvalue weighted by Gasteiger charge is 2.43. The summed E-state index contributed by atoms with van der Waals surface area (Å²) in [7, 11) is 0. The third kappa shape index (κ3) is 2.45. The maximum absolute atomic E-state index is 12.8. The van der Waals surface area contributed by atoms with Crippen LogP contribution in [0.4, 0.5) is 0 Å². The first-order valence-corrected chi connectivity index (χ1v) is 7.89. The van der Waals surface area contributed by atoms with E-state index >= 15 is 0 Å². The minimum absolute atomic E-state index is 0. The quantitative estimate of drug-likeness (QED) is 0.780. The maximum Gasteiger partial charge on any atom is 0.226 e. The van der Waals surface area contributed by atoms with Crippen LogP contribution in [0.25, 0.3) is 0 Å². The molecular weight excluding hydrogens is 238 g/mol. The van der Waals surface area contributed by atoms with Crippen LogP contribution < -0.4 is 0 Å². The summed E-state index contributed by atoms with van der Waals surface area (Å²) < 4.78 is 0. The van der Waals surface area contributed by atoms with Gasteiger partial charge in [-0.2, -0.15) is 0 Å². The van der Waals surface area contributed by atoms with E-state index in [1.54, 1.807) is 0 Å². The number of carbonyl (C=O) groups excluding carboxylic acids is 1. The highest BCUT2D eigenvalue weighted by molar-refractivity contribution is 5.81. The number of carbonyl (C=O) groups is 1. The van der Waals surface area contributed by atoms with Gasteiger partial charge in [0.2, 0.25) is 5.91 Å². The molecule has 19 heavy (non-hydrogen) atoms. The van der Waals surface area contributed by atoms with E-state index in [1.807, 2.05) is 0 Å². The fraction of sp³-hybridized carbons (Fsp3) is 0.812. The van der Waals surface area contributed by atoms with Crippen LogP contribution in [-0.2, 0) is 4.79 Å². The molecule has 3 heteroatoms. The maximum atomic E-state index is 12.8. The van der Waals surface area contributed by atoms with Crippen LogP contribution in [0.1, 0.15) is 46.4 Å². The summed E-state index contributed by atoms with van der Waals surface area (Å²) in [5.74, 6) is 0.893. The molecule has 0 radical (unpaired) electrons. The highest BCUT2D eigenvalue weighted by atomic mass is 16.3. The Hall–Kier alpha value is -0.830. The molecule has 1 heterocycles. The molecule has 2 fully saturated rings. The van der Waals surface area contributed by atoms with E-state index in [4.69, 9.17) is 0 Å². The first kappa shape index (κ1) is 13.2. The molecule has 0 aromatic carbocycles. The van der Waals surface area contributed by atoms with Gasteiger partial charge in [0.1, 0.15) is 0 Å². The Labute approximate surface area is 117 Å². The Bertz CT molecular complexity index is 365. The molecule has 3 unspecified atom stereocenters. The number of hydrogen-bond acceptors (Lipinski definition) is 2. The molecule has 3 nitrogen and oxygen atoms in total. The summed E-state index contributed by atoms with van der Waals surface area (Å²) in [6.07, 6.45) is 12.6. The van der Waals surface area contributed by atoms with Crippen molar-refractivity contribution < 1.29 is 11.3 Å². The SMILES string of the molecule is O=C1C2C(C=CCC2CO)CCN1C1CCCCC1.[HH]. The number of aliphatic hydroxyl groups is 1. The van der Waals surface area contributed by atoms with Crippen molar-refractivity contribution in [3.8, 4) is 0 Å². The van der Waals surface area contributed by atoms with E-state index in [1.165, 1.54) is 32.1 Å². The van der Waals surface area contributed by atoms with Crippen LogP contribution >= 0.6 is 0 Å². The van der Waals surface area contributed by atoms with Crippen molar-refractivity contribution in [1.82, 2.24) is 4.90 Å². The zero-order valence-electron chi connectivity index (χ0n) is 11.6. The number of amides is 1. The van der Waals surface area contributed by atoms with Crippen LogP contribution in [-0.4, -0.2) is 35.1 Å². The van der Waals surface area contributed by atoms with Gasteiger partial charge in [0.15, 0.2) is 0 Å². The molecule has 3 atom stereocenters. The summed E-state index contributed by atoms with van der Waals surface area (Å²) in [4.78, 5) is 15.0. The second-order valence-electron chi connectivity index (χ2n) is 6.41. The number of nitrogens with zero attached hydrogens (tertiary/aromatic N) is 1. The molecule has 0 aromatic rings. The van der Waals surface area contributed by atoms with Gasteiger partial charge in [-0.1, -0.05) is 31.4 Å². The van der Waals surface area contributed by atoms with Gasteiger partial charge in [-0.05, 0) is 37.5 Å². The van der Waals surface area contributed by atoms with Gasteiger partial charge in [-0.15, -0.1) is 0 Å². The third-order valence-electron chi connectivity index (χ3n) is 5.31. The number of aliphatic hydroxyl groups excluding tert-OH is 1. The smallest absolute Gasteiger partial charge is 0.226 e. The fourth-order valence-electron chi connectivity index (χ4n) is 4.24. The molecule has 1 N–H and O–H groups in total. The summed E-state index contributed by atoms with van der Waals surface area (Å²) in [5, 5.41) is 9.54. The van der Waals surface area contributed by atoms with E-state index in [2.05, 4.69) is 17.1 Å². The lowest BCUT2D eigenvalue weighted by Gasteiger charge is -2.45. The van der Waals surface area contributed by atoms with Gasteiger partial charge >= 0.3 is 0 Å². The Balaban J connectivity index is 0.00000147. The van der Waals surface area contributed by atoms with Crippen LogP contribution in [0.5, 0.6) is 0 Å². The zero-order valence-corrected chi connectivity index (χ0v) is 11.6. The number of fused-ring (bicyclic) bond motifs is 1. The molecule has 108 valence electrons. The first-order valence-electron chi connectivity index (χ1n) is 7.89. The largest absolute Gasteiger partial charge is 0.396 e. The number of rotatable bonds is 2. The average Bonchev–Trinajstić information content (AvgIpc) is 2.48. The van der Waals surface area contributed by atoms with Crippen molar-refractivity contribution in [3.05, 3.63) is 12.2 Å². The molecule has 1 saturated heterocycles. The van der Waals surface area contributed by atoms with E-state index in [0.717, 1.165) is 19.4 Å². The van der Waals surface area contributed by atoms with Gasteiger partial charge in [0, 0.05) is 26.5 Å². The molecule has 1 saturated carbocycles. The summed E-state index contributed by atoms with van der Waals surface area (Å²) >= 11 is 0. The third-order valence-corrected chi connectivity index (χ3v) is 5.31. The highest BCUT2D eigenvalue weighted by Crippen LogP contribution is 2.39. The number of hydrogen-bond donors (Lipinski definition) is 1. The lowest BCUT2D eigenvalue weighted by atomic mass is 9.71. The van der Waals surface area contributed by atoms with Crippen LogP contribution in [0.3, 0.4) is 0 Å². The van der Waals surface area contributed by atoms with Crippen molar-refractivity contribution in [1.29, 1.82) is 0 Å². The Morgan fingerprint density at radius 1 is 1.26 bits per heavy atom. The van der Waals surface area contributed by atoms with Crippen molar-refractivity contribution in [2.24, 2.45) is 17.8 Å². The minimum atomic E-state index is 0. The number of allylic oxidation sites excluding steroid dienone is 2. The topological polar surface area (TPSA) is 40.5 Å². The van der Waals surface area contributed by atoms with Gasteiger partial charge < -0.3 is 10.0 Å². The number of piperidine rings is 1. The summed E-state index contributed by atoms with van der Waals surface area (Å²) in [6.45, 7) is 1.07. The van der Waals surface area contributed by atoms with Gasteiger partial charge in [0.05, 0.1) is 0 Å². The van der Waals surface area contributed by atoms with Gasteiger partial charge in [-0.25, -0.2) is 0 Å². The van der Waals surface area contributed by atoms with E-state index < -0.39 is 0 Å². The summed E-state index contributed by atoms with van der Waals surface area (Å²) in [6, 6.07) is 0.479. The Morgan fingerprint density at radius 3 is 2.79 bits per heavy atom. The van der Waals surface area contributed by atoms with Crippen molar-refractivity contribution in [2.45, 2.75) is 51.0 Å².